The van der Waals surface area contributed by atoms with E-state index in [1.165, 1.54) is 24.7 Å². The molecule has 0 fully saturated rings. The largest absolute Gasteiger partial charge is 0.486 e. The average molecular weight is 447 g/mol. The summed E-state index contributed by atoms with van der Waals surface area (Å²) in [6.45, 7) is 7.46. The van der Waals surface area contributed by atoms with E-state index in [9.17, 15) is 13.2 Å². The number of carbonyl (C=O) groups is 1. The molecule has 0 aromatic heterocycles. The van der Waals surface area contributed by atoms with Gasteiger partial charge in [0, 0.05) is 19.7 Å². The Kier molecular flexibility index (Phi) is 6.91. The van der Waals surface area contributed by atoms with Crippen molar-refractivity contribution in [1.82, 2.24) is 9.62 Å². The number of ether oxygens (including phenoxy) is 2. The van der Waals surface area contributed by atoms with Crippen LogP contribution in [-0.2, 0) is 26.7 Å². The van der Waals surface area contributed by atoms with Crippen LogP contribution in [-0.4, -0.2) is 52.0 Å². The quantitative estimate of drug-likeness (QED) is 0.707. The summed E-state index contributed by atoms with van der Waals surface area (Å²) in [6, 6.07) is 12.8. The monoisotopic (exact) mass is 446 g/mol. The summed E-state index contributed by atoms with van der Waals surface area (Å²) in [7, 11) is -2.44. The van der Waals surface area contributed by atoms with Crippen LogP contribution in [0.1, 0.15) is 31.9 Å². The van der Waals surface area contributed by atoms with Gasteiger partial charge in [-0.2, -0.15) is 4.31 Å². The molecule has 0 bridgehead atoms. The minimum Gasteiger partial charge on any atom is -0.486 e. The van der Waals surface area contributed by atoms with Crippen molar-refractivity contribution in [2.24, 2.45) is 0 Å². The highest BCUT2D eigenvalue weighted by atomic mass is 32.2. The predicted octanol–water partition coefficient (Wildman–Crippen LogP) is 2.73. The van der Waals surface area contributed by atoms with E-state index in [0.29, 0.717) is 37.7 Å². The normalized spacial score (nSPS) is 13.8. The molecule has 2 aromatic rings. The number of benzene rings is 2. The lowest BCUT2D eigenvalue weighted by molar-refractivity contribution is -0.121. The number of nitrogens with one attached hydrogen (secondary N) is 1. The Labute approximate surface area is 184 Å². The van der Waals surface area contributed by atoms with Crippen LogP contribution >= 0.6 is 0 Å². The van der Waals surface area contributed by atoms with Gasteiger partial charge in [0.05, 0.1) is 11.4 Å². The third-order valence-electron chi connectivity index (χ3n) is 5.14. The minimum atomic E-state index is -3.83. The topological polar surface area (TPSA) is 84.9 Å². The lowest BCUT2D eigenvalue weighted by Gasteiger charge is -2.21. The predicted molar refractivity (Wildman–Crippen MR) is 119 cm³/mol. The summed E-state index contributed by atoms with van der Waals surface area (Å²) in [5.74, 6) is 0.554. The van der Waals surface area contributed by atoms with Gasteiger partial charge in [-0.05, 0) is 35.1 Å². The second kappa shape index (κ2) is 9.28. The minimum absolute atomic E-state index is 0.0611. The van der Waals surface area contributed by atoms with Gasteiger partial charge in [-0.3, -0.25) is 4.79 Å². The maximum absolute atomic E-state index is 12.8. The van der Waals surface area contributed by atoms with Crippen LogP contribution in [0.5, 0.6) is 11.5 Å². The van der Waals surface area contributed by atoms with Crippen molar-refractivity contribution in [3.8, 4) is 11.5 Å². The molecule has 7 nitrogen and oxygen atoms in total. The molecular formula is C23H30N2O5S. The van der Waals surface area contributed by atoms with Crippen molar-refractivity contribution in [1.29, 1.82) is 0 Å². The van der Waals surface area contributed by atoms with E-state index < -0.39 is 10.0 Å². The second-order valence-corrected chi connectivity index (χ2v) is 10.7. The average Bonchev–Trinajstić information content (AvgIpc) is 2.73. The number of nitrogens with zero attached hydrogens (tertiary/aromatic N) is 1. The summed E-state index contributed by atoms with van der Waals surface area (Å²) in [4.78, 5) is 12.3. The standard InChI is InChI=1S/C23H30N2O5S/c1-23(2,3)18-7-5-17(6-8-18)11-12-24-22(26)16-25(4)31(27,28)19-9-10-20-21(15-19)30-14-13-29-20/h5-10,15H,11-14,16H2,1-4H3,(H,24,26). The highest BCUT2D eigenvalue weighted by molar-refractivity contribution is 7.89. The fourth-order valence-electron chi connectivity index (χ4n) is 3.22. The van der Waals surface area contributed by atoms with E-state index in [1.54, 1.807) is 6.07 Å². The molecule has 8 heteroatoms. The Morgan fingerprint density at radius 3 is 2.32 bits per heavy atom. The molecule has 0 saturated carbocycles. The zero-order valence-corrected chi connectivity index (χ0v) is 19.3. The van der Waals surface area contributed by atoms with Crippen molar-refractivity contribution in [2.45, 2.75) is 37.5 Å². The summed E-state index contributed by atoms with van der Waals surface area (Å²) < 4.78 is 37.5. The van der Waals surface area contributed by atoms with E-state index in [-0.39, 0.29) is 22.8 Å². The van der Waals surface area contributed by atoms with Crippen LogP contribution in [0.4, 0.5) is 0 Å². The molecule has 1 aliphatic rings. The lowest BCUT2D eigenvalue weighted by atomic mass is 9.86. The molecule has 0 atom stereocenters. The highest BCUT2D eigenvalue weighted by Gasteiger charge is 2.25. The molecule has 3 rings (SSSR count). The molecule has 2 aromatic carbocycles. The van der Waals surface area contributed by atoms with Gasteiger partial charge in [0.1, 0.15) is 13.2 Å². The third-order valence-corrected chi connectivity index (χ3v) is 6.94. The number of likely N-dealkylation sites (N-methyl/N-ethyl adjacent to an activating group) is 1. The molecule has 1 N–H and O–H groups in total. The first-order chi connectivity index (χ1) is 14.6. The Morgan fingerprint density at radius 2 is 1.68 bits per heavy atom. The smallest absolute Gasteiger partial charge is 0.243 e. The Hall–Kier alpha value is -2.58. The molecule has 0 radical (unpaired) electrons. The maximum Gasteiger partial charge on any atom is 0.243 e. The summed E-state index contributed by atoms with van der Waals surface area (Å²) in [5, 5.41) is 2.79. The van der Waals surface area contributed by atoms with Crippen LogP contribution in [0, 0.1) is 0 Å². The third kappa shape index (κ3) is 5.77. The summed E-state index contributed by atoms with van der Waals surface area (Å²) in [6.07, 6.45) is 0.675. The van der Waals surface area contributed by atoms with Crippen LogP contribution in [0.25, 0.3) is 0 Å². The number of hydrogen-bond acceptors (Lipinski definition) is 5. The first-order valence-corrected chi connectivity index (χ1v) is 11.7. The molecular weight excluding hydrogens is 416 g/mol. The van der Waals surface area contributed by atoms with E-state index in [4.69, 9.17) is 9.47 Å². The molecule has 31 heavy (non-hydrogen) atoms. The number of carbonyl (C=O) groups excluding carboxylic acids is 1. The number of fused-ring (bicyclic) bond motifs is 1. The van der Waals surface area contributed by atoms with E-state index in [0.717, 1.165) is 9.87 Å². The zero-order valence-electron chi connectivity index (χ0n) is 18.5. The van der Waals surface area contributed by atoms with Crippen LogP contribution in [0.3, 0.4) is 0 Å². The highest BCUT2D eigenvalue weighted by Crippen LogP contribution is 2.32. The summed E-state index contributed by atoms with van der Waals surface area (Å²) in [5.41, 5.74) is 2.47. The zero-order chi connectivity index (χ0) is 22.6. The Morgan fingerprint density at radius 1 is 1.03 bits per heavy atom. The van der Waals surface area contributed by atoms with Crippen molar-refractivity contribution >= 4 is 15.9 Å². The van der Waals surface area contributed by atoms with Gasteiger partial charge in [-0.25, -0.2) is 8.42 Å². The summed E-state index contributed by atoms with van der Waals surface area (Å²) >= 11 is 0. The molecule has 1 heterocycles. The van der Waals surface area contributed by atoms with Gasteiger partial charge in [0.25, 0.3) is 0 Å². The van der Waals surface area contributed by atoms with Gasteiger partial charge in [0.2, 0.25) is 15.9 Å². The van der Waals surface area contributed by atoms with Crippen molar-refractivity contribution in [2.75, 3.05) is 33.4 Å². The van der Waals surface area contributed by atoms with Gasteiger partial charge in [-0.15, -0.1) is 0 Å². The molecule has 1 amide bonds. The Bertz CT molecular complexity index is 1030. The Balaban J connectivity index is 1.53. The molecule has 0 aliphatic carbocycles. The number of amides is 1. The molecule has 1 aliphatic heterocycles. The van der Waals surface area contributed by atoms with Crippen molar-refractivity contribution in [3.05, 3.63) is 53.6 Å². The molecule has 0 spiro atoms. The first kappa shape index (κ1) is 23.1. The molecule has 0 unspecified atom stereocenters. The van der Waals surface area contributed by atoms with Gasteiger partial charge in [-0.1, -0.05) is 45.0 Å². The van der Waals surface area contributed by atoms with E-state index in [2.05, 4.69) is 50.4 Å². The van der Waals surface area contributed by atoms with Gasteiger partial charge < -0.3 is 14.8 Å². The van der Waals surface area contributed by atoms with Crippen LogP contribution < -0.4 is 14.8 Å². The number of rotatable bonds is 7. The van der Waals surface area contributed by atoms with Crippen molar-refractivity contribution in [3.63, 3.8) is 0 Å². The molecule has 168 valence electrons. The van der Waals surface area contributed by atoms with E-state index >= 15 is 0 Å². The maximum atomic E-state index is 12.8. The molecule has 0 saturated heterocycles. The fourth-order valence-corrected chi connectivity index (χ4v) is 4.37. The number of hydrogen-bond donors (Lipinski definition) is 1. The number of sulfonamides is 1. The SMILES string of the molecule is CN(CC(=O)NCCc1ccc(C(C)(C)C)cc1)S(=O)(=O)c1ccc2c(c1)OCCO2. The van der Waals surface area contributed by atoms with Crippen LogP contribution in [0.15, 0.2) is 47.4 Å². The second-order valence-electron chi connectivity index (χ2n) is 8.61. The van der Waals surface area contributed by atoms with Gasteiger partial charge >= 0.3 is 0 Å². The lowest BCUT2D eigenvalue weighted by Crippen LogP contribution is -2.39. The first-order valence-electron chi connectivity index (χ1n) is 10.3. The van der Waals surface area contributed by atoms with Gasteiger partial charge in [0.15, 0.2) is 11.5 Å². The fraction of sp³-hybridized carbons (Fsp3) is 0.435. The van der Waals surface area contributed by atoms with E-state index in [1.807, 2.05) is 0 Å². The van der Waals surface area contributed by atoms with Crippen LogP contribution in [0.2, 0.25) is 0 Å². The van der Waals surface area contributed by atoms with Crippen molar-refractivity contribution < 1.29 is 22.7 Å².